The average molecular weight is 308 g/mol. The summed E-state index contributed by atoms with van der Waals surface area (Å²) in [5.74, 6) is 0.119. The quantitative estimate of drug-likeness (QED) is 0.838. The van der Waals surface area contributed by atoms with Gasteiger partial charge < -0.3 is 10.2 Å². The number of hydrogen-bond acceptors (Lipinski definition) is 4. The van der Waals surface area contributed by atoms with Crippen LogP contribution in [0.4, 0.5) is 5.69 Å². The highest BCUT2D eigenvalue weighted by molar-refractivity contribution is 7.91. The molecule has 0 saturated carbocycles. The van der Waals surface area contributed by atoms with Gasteiger partial charge in [0, 0.05) is 24.8 Å². The molecule has 2 aliphatic rings. The Morgan fingerprint density at radius 1 is 1.24 bits per heavy atom. The molecule has 2 unspecified atom stereocenters. The summed E-state index contributed by atoms with van der Waals surface area (Å²) in [6.45, 7) is 2.66. The lowest BCUT2D eigenvalue weighted by Gasteiger charge is -2.36. The number of carbonyl (C=O) groups excluding carboxylic acids is 1. The third-order valence-corrected chi connectivity index (χ3v) is 6.03. The summed E-state index contributed by atoms with van der Waals surface area (Å²) in [6.07, 6.45) is 0.715. The number of hydrogen-bond donors (Lipinski definition) is 1. The minimum Gasteiger partial charge on any atom is -0.382 e. The number of para-hydroxylation sites is 1. The average Bonchev–Trinajstić information content (AvgIpc) is 2.46. The van der Waals surface area contributed by atoms with Gasteiger partial charge in [0.25, 0.3) is 0 Å². The topological polar surface area (TPSA) is 66.5 Å². The number of rotatable bonds is 1. The summed E-state index contributed by atoms with van der Waals surface area (Å²) in [7, 11) is -2.95. The molecule has 2 atom stereocenters. The Bertz CT molecular complexity index is 643. The van der Waals surface area contributed by atoms with Crippen LogP contribution in [0.2, 0.25) is 0 Å². The molecule has 1 N–H and O–H groups in total. The van der Waals surface area contributed by atoms with Crippen LogP contribution in [0.5, 0.6) is 0 Å². The van der Waals surface area contributed by atoms with Crippen LogP contribution >= 0.6 is 0 Å². The molecule has 1 amide bonds. The fourth-order valence-corrected chi connectivity index (χ4v) is 4.27. The van der Waals surface area contributed by atoms with Crippen molar-refractivity contribution in [1.82, 2.24) is 4.90 Å². The summed E-state index contributed by atoms with van der Waals surface area (Å²) >= 11 is 0. The first-order valence-electron chi connectivity index (χ1n) is 7.30. The first kappa shape index (κ1) is 14.4. The Labute approximate surface area is 125 Å². The summed E-state index contributed by atoms with van der Waals surface area (Å²) in [5.41, 5.74) is 2.24. The Morgan fingerprint density at radius 3 is 2.62 bits per heavy atom. The van der Waals surface area contributed by atoms with E-state index in [-0.39, 0.29) is 29.4 Å². The molecule has 1 aromatic carbocycles. The maximum Gasteiger partial charge on any atom is 0.228 e. The molecule has 0 bridgehead atoms. The van der Waals surface area contributed by atoms with E-state index in [0.29, 0.717) is 19.5 Å². The van der Waals surface area contributed by atoms with Crippen LogP contribution in [0, 0.1) is 5.92 Å². The first-order valence-corrected chi connectivity index (χ1v) is 9.12. The fourth-order valence-electron chi connectivity index (χ4n) is 3.07. The normalized spacial score (nSPS) is 27.6. The van der Waals surface area contributed by atoms with Crippen molar-refractivity contribution >= 4 is 21.4 Å². The fraction of sp³-hybridized carbons (Fsp3) is 0.533. The summed E-state index contributed by atoms with van der Waals surface area (Å²) < 4.78 is 22.9. The molecule has 21 heavy (non-hydrogen) atoms. The molecule has 0 aromatic heterocycles. The predicted molar refractivity (Wildman–Crippen MR) is 82.0 cm³/mol. The second kappa shape index (κ2) is 5.33. The second-order valence-corrected chi connectivity index (χ2v) is 8.18. The lowest BCUT2D eigenvalue weighted by molar-refractivity contribution is -0.135. The van der Waals surface area contributed by atoms with Crippen LogP contribution in [0.25, 0.3) is 0 Å². The van der Waals surface area contributed by atoms with Gasteiger partial charge in [0.2, 0.25) is 5.91 Å². The zero-order valence-corrected chi connectivity index (χ0v) is 12.9. The van der Waals surface area contributed by atoms with Crippen LogP contribution in [-0.4, -0.2) is 49.9 Å². The number of amides is 1. The zero-order valence-electron chi connectivity index (χ0n) is 12.1. The van der Waals surface area contributed by atoms with E-state index in [9.17, 15) is 13.2 Å². The highest BCUT2D eigenvalue weighted by Crippen LogP contribution is 2.29. The van der Waals surface area contributed by atoms with Crippen LogP contribution < -0.4 is 5.32 Å². The van der Waals surface area contributed by atoms with Gasteiger partial charge in [0.15, 0.2) is 9.84 Å². The Balaban J connectivity index is 1.74. The van der Waals surface area contributed by atoms with Crippen LogP contribution in [0.15, 0.2) is 24.3 Å². The number of fused-ring (bicyclic) bond motifs is 1. The number of benzene rings is 1. The SMILES string of the molecule is CC1Nc2ccccc2CC1C(=O)N1CCS(=O)(=O)CC1. The Hall–Kier alpha value is -1.56. The third kappa shape index (κ3) is 2.90. The van der Waals surface area contributed by atoms with Gasteiger partial charge in [0.05, 0.1) is 17.4 Å². The number of sulfone groups is 1. The van der Waals surface area contributed by atoms with Gasteiger partial charge in [-0.15, -0.1) is 0 Å². The van der Waals surface area contributed by atoms with Crippen LogP contribution in [0.3, 0.4) is 0 Å². The predicted octanol–water partition coefficient (Wildman–Crippen LogP) is 0.916. The second-order valence-electron chi connectivity index (χ2n) is 5.88. The molecule has 5 nitrogen and oxygen atoms in total. The van der Waals surface area contributed by atoms with Gasteiger partial charge in [0.1, 0.15) is 0 Å². The molecule has 0 spiro atoms. The third-order valence-electron chi connectivity index (χ3n) is 4.42. The van der Waals surface area contributed by atoms with Gasteiger partial charge in [-0.1, -0.05) is 18.2 Å². The van der Waals surface area contributed by atoms with Gasteiger partial charge in [-0.25, -0.2) is 8.42 Å². The van der Waals surface area contributed by atoms with Crippen molar-refractivity contribution in [2.45, 2.75) is 19.4 Å². The van der Waals surface area contributed by atoms with E-state index in [1.54, 1.807) is 4.90 Å². The minimum atomic E-state index is -2.95. The van der Waals surface area contributed by atoms with Gasteiger partial charge in [-0.05, 0) is 25.0 Å². The van der Waals surface area contributed by atoms with Gasteiger partial charge in [-0.3, -0.25) is 4.79 Å². The lowest BCUT2D eigenvalue weighted by Crippen LogP contribution is -2.50. The highest BCUT2D eigenvalue weighted by Gasteiger charge is 2.35. The molecule has 1 aromatic rings. The number of carbonyl (C=O) groups is 1. The van der Waals surface area contributed by atoms with Crippen molar-refractivity contribution in [2.75, 3.05) is 29.9 Å². The van der Waals surface area contributed by atoms with Gasteiger partial charge in [-0.2, -0.15) is 0 Å². The van der Waals surface area contributed by atoms with E-state index in [4.69, 9.17) is 0 Å². The molecule has 6 heteroatoms. The van der Waals surface area contributed by atoms with Crippen molar-refractivity contribution in [2.24, 2.45) is 5.92 Å². The van der Waals surface area contributed by atoms with Crippen molar-refractivity contribution in [1.29, 1.82) is 0 Å². The standard InChI is InChI=1S/C15H20N2O3S/c1-11-13(10-12-4-2-3-5-14(12)16-11)15(18)17-6-8-21(19,20)9-7-17/h2-5,11,13,16H,6-10H2,1H3. The molecule has 0 radical (unpaired) electrons. The smallest absolute Gasteiger partial charge is 0.228 e. The molecular weight excluding hydrogens is 288 g/mol. The monoisotopic (exact) mass is 308 g/mol. The molecule has 2 aliphatic heterocycles. The zero-order chi connectivity index (χ0) is 15.0. The highest BCUT2D eigenvalue weighted by atomic mass is 32.2. The molecule has 3 rings (SSSR count). The molecule has 114 valence electrons. The van der Waals surface area contributed by atoms with E-state index in [1.807, 2.05) is 31.2 Å². The summed E-state index contributed by atoms with van der Waals surface area (Å²) in [5, 5.41) is 3.38. The number of nitrogens with zero attached hydrogens (tertiary/aromatic N) is 1. The molecule has 1 saturated heterocycles. The summed E-state index contributed by atoms with van der Waals surface area (Å²) in [4.78, 5) is 14.4. The van der Waals surface area contributed by atoms with Crippen molar-refractivity contribution in [3.05, 3.63) is 29.8 Å². The van der Waals surface area contributed by atoms with Gasteiger partial charge >= 0.3 is 0 Å². The van der Waals surface area contributed by atoms with E-state index in [1.165, 1.54) is 0 Å². The minimum absolute atomic E-state index is 0.0610. The Kier molecular flexibility index (Phi) is 3.65. The molecule has 2 heterocycles. The van der Waals surface area contributed by atoms with E-state index in [2.05, 4.69) is 5.32 Å². The Morgan fingerprint density at radius 2 is 1.90 bits per heavy atom. The van der Waals surface area contributed by atoms with Crippen molar-refractivity contribution in [3.8, 4) is 0 Å². The van der Waals surface area contributed by atoms with E-state index >= 15 is 0 Å². The van der Waals surface area contributed by atoms with Crippen LogP contribution in [-0.2, 0) is 21.1 Å². The molecule has 0 aliphatic carbocycles. The maximum absolute atomic E-state index is 12.7. The number of anilines is 1. The first-order chi connectivity index (χ1) is 9.96. The van der Waals surface area contributed by atoms with E-state index in [0.717, 1.165) is 11.3 Å². The lowest BCUT2D eigenvalue weighted by atomic mass is 9.87. The maximum atomic E-state index is 12.7. The molecular formula is C15H20N2O3S. The van der Waals surface area contributed by atoms with Crippen molar-refractivity contribution < 1.29 is 13.2 Å². The van der Waals surface area contributed by atoms with E-state index < -0.39 is 9.84 Å². The van der Waals surface area contributed by atoms with Crippen molar-refractivity contribution in [3.63, 3.8) is 0 Å². The van der Waals surface area contributed by atoms with Crippen LogP contribution in [0.1, 0.15) is 12.5 Å². The largest absolute Gasteiger partial charge is 0.382 e. The molecule has 1 fully saturated rings. The summed E-state index contributed by atoms with van der Waals surface area (Å²) in [6, 6.07) is 8.09. The number of nitrogens with one attached hydrogen (secondary N) is 1.